The van der Waals surface area contributed by atoms with Crippen LogP contribution in [-0.4, -0.2) is 38.0 Å². The van der Waals surface area contributed by atoms with Crippen molar-refractivity contribution in [1.82, 2.24) is 4.98 Å². The van der Waals surface area contributed by atoms with Crippen LogP contribution in [-0.2, 0) is 21.4 Å². The van der Waals surface area contributed by atoms with Gasteiger partial charge in [0, 0.05) is 17.9 Å². The van der Waals surface area contributed by atoms with Crippen LogP contribution in [0.1, 0.15) is 25.1 Å². The molecular weight excluding hydrogens is 500 g/mol. The van der Waals surface area contributed by atoms with Gasteiger partial charge in [-0.1, -0.05) is 50.0 Å². The van der Waals surface area contributed by atoms with Crippen LogP contribution in [0.5, 0.6) is 11.5 Å². The molecule has 3 atom stereocenters. The Morgan fingerprint density at radius 1 is 1.14 bits per heavy atom. The van der Waals surface area contributed by atoms with Crippen molar-refractivity contribution >= 4 is 14.0 Å². The highest BCUT2D eigenvalue weighted by Crippen LogP contribution is 2.51. The van der Waals surface area contributed by atoms with Crippen molar-refractivity contribution in [2.75, 3.05) is 6.79 Å². The number of pyridine rings is 1. The molecule has 0 spiro atoms. The number of carboxylic acids is 1. The summed E-state index contributed by atoms with van der Waals surface area (Å²) in [5.41, 5.74) is -1.64. The molecule has 3 unspecified atom stereocenters. The van der Waals surface area contributed by atoms with Gasteiger partial charge in [-0.05, 0) is 42.0 Å². The summed E-state index contributed by atoms with van der Waals surface area (Å²) in [5, 5.41) is 19.7. The lowest BCUT2D eigenvalue weighted by molar-refractivity contribution is -0.146. The van der Waals surface area contributed by atoms with E-state index in [1.165, 1.54) is 18.2 Å². The van der Waals surface area contributed by atoms with Crippen LogP contribution in [0, 0.1) is 23.6 Å². The van der Waals surface area contributed by atoms with Crippen molar-refractivity contribution in [2.24, 2.45) is 5.92 Å². The number of fused-ring (bicyclic) bond motifs is 1. The average molecular weight is 525 g/mol. The Bertz CT molecular complexity index is 1400. The van der Waals surface area contributed by atoms with Gasteiger partial charge in [-0.3, -0.25) is 4.57 Å². The number of aliphatic carboxylic acids is 1. The average Bonchev–Trinajstić information content (AvgIpc) is 3.34. The number of carbonyl (C=O) groups is 1. The molecule has 0 saturated carbocycles. The number of benzene rings is 2. The molecule has 1 aromatic heterocycles. The Labute approximate surface area is 213 Å². The number of halogens is 1. The van der Waals surface area contributed by atoms with Crippen molar-refractivity contribution in [1.29, 1.82) is 0 Å². The molecular formula is C27H25FNO7P. The first-order valence-electron chi connectivity index (χ1n) is 11.4. The van der Waals surface area contributed by atoms with Crippen molar-refractivity contribution < 1.29 is 38.3 Å². The van der Waals surface area contributed by atoms with E-state index in [-0.39, 0.29) is 18.4 Å². The van der Waals surface area contributed by atoms with Crippen LogP contribution in [0.15, 0.2) is 60.7 Å². The highest BCUT2D eigenvalue weighted by molar-refractivity contribution is 7.42. The van der Waals surface area contributed by atoms with Gasteiger partial charge < -0.3 is 24.6 Å². The fraction of sp³-hybridized carbons (Fsp3) is 0.259. The lowest BCUT2D eigenvalue weighted by Crippen LogP contribution is -2.55. The third-order valence-electron chi connectivity index (χ3n) is 6.03. The fourth-order valence-corrected chi connectivity index (χ4v) is 5.10. The Morgan fingerprint density at radius 2 is 1.84 bits per heavy atom. The van der Waals surface area contributed by atoms with E-state index in [1.807, 2.05) is 0 Å². The molecule has 4 rings (SSSR count). The number of rotatable bonds is 7. The molecule has 0 aliphatic carbocycles. The molecule has 0 bridgehead atoms. The summed E-state index contributed by atoms with van der Waals surface area (Å²) < 4.78 is 37.4. The number of ether oxygens (including phenoxy) is 2. The maximum Gasteiger partial charge on any atom is 0.335 e. The lowest BCUT2D eigenvalue weighted by atomic mass is 9.78. The van der Waals surface area contributed by atoms with E-state index in [1.54, 1.807) is 44.2 Å². The van der Waals surface area contributed by atoms with Crippen LogP contribution in [0.4, 0.5) is 4.39 Å². The minimum absolute atomic E-state index is 0.0138. The van der Waals surface area contributed by atoms with E-state index in [9.17, 15) is 28.9 Å². The zero-order valence-electron chi connectivity index (χ0n) is 20.1. The van der Waals surface area contributed by atoms with Gasteiger partial charge in [-0.15, -0.1) is 0 Å². The van der Waals surface area contributed by atoms with Crippen molar-refractivity contribution in [3.63, 3.8) is 0 Å². The molecule has 0 amide bonds. The maximum absolute atomic E-state index is 13.6. The number of aromatic nitrogens is 1. The minimum Gasteiger partial charge on any atom is -0.480 e. The zero-order chi connectivity index (χ0) is 26.8. The molecule has 0 fully saturated rings. The third kappa shape index (κ3) is 4.84. The topological polar surface area (TPSA) is 126 Å². The third-order valence-corrected chi connectivity index (χ3v) is 7.42. The highest BCUT2D eigenvalue weighted by atomic mass is 31.1. The molecule has 37 heavy (non-hydrogen) atoms. The van der Waals surface area contributed by atoms with Crippen molar-refractivity contribution in [3.8, 4) is 34.6 Å². The van der Waals surface area contributed by atoms with Gasteiger partial charge in [0.15, 0.2) is 11.5 Å². The van der Waals surface area contributed by atoms with Crippen LogP contribution in [0.2, 0.25) is 0 Å². The predicted molar refractivity (Wildman–Crippen MR) is 134 cm³/mol. The number of hydrogen-bond acceptors (Lipinski definition) is 6. The predicted octanol–water partition coefficient (Wildman–Crippen LogP) is 4.00. The van der Waals surface area contributed by atoms with Gasteiger partial charge in [0.05, 0.1) is 11.4 Å². The van der Waals surface area contributed by atoms with Crippen LogP contribution in [0.25, 0.3) is 11.3 Å². The maximum atomic E-state index is 13.6. The van der Waals surface area contributed by atoms with Gasteiger partial charge in [-0.2, -0.15) is 0 Å². The standard InChI is InChI=1S/C27H25FNO7P/c1-17(2)13-14-27(25(30)31,37(33)34)26(32,15-18-9-11-19(28)12-10-18)23-8-4-6-21(29-23)20-5-3-7-22-24(20)36-16-35-22/h3-12,17,32,37H,15-16H2,1-2H3,(H,30,31)(H,33,34). The smallest absolute Gasteiger partial charge is 0.335 e. The van der Waals surface area contributed by atoms with E-state index >= 15 is 0 Å². The molecule has 8 nitrogen and oxygen atoms in total. The van der Waals surface area contributed by atoms with Gasteiger partial charge in [-0.25, -0.2) is 14.2 Å². The van der Waals surface area contributed by atoms with Crippen molar-refractivity contribution in [3.05, 3.63) is 77.7 Å². The summed E-state index contributed by atoms with van der Waals surface area (Å²) >= 11 is 0. The van der Waals surface area contributed by atoms with Crippen molar-refractivity contribution in [2.45, 2.75) is 31.0 Å². The van der Waals surface area contributed by atoms with E-state index in [0.717, 1.165) is 12.1 Å². The molecule has 3 N–H and O–H groups in total. The number of hydrogen-bond donors (Lipinski definition) is 3. The first kappa shape index (κ1) is 26.4. The summed E-state index contributed by atoms with van der Waals surface area (Å²) in [6.45, 7) is 3.38. The molecule has 1 aliphatic rings. The summed E-state index contributed by atoms with van der Waals surface area (Å²) in [5.74, 6) is 3.32. The van der Waals surface area contributed by atoms with Gasteiger partial charge in [0.1, 0.15) is 11.4 Å². The summed E-state index contributed by atoms with van der Waals surface area (Å²) in [6, 6.07) is 14.7. The molecule has 10 heteroatoms. The fourth-order valence-electron chi connectivity index (χ4n) is 4.17. The largest absolute Gasteiger partial charge is 0.480 e. The number of nitrogens with zero attached hydrogens (tertiary/aromatic N) is 1. The summed E-state index contributed by atoms with van der Waals surface area (Å²) in [6.07, 6.45) is -0.480. The quantitative estimate of drug-likeness (QED) is 0.312. The monoisotopic (exact) mass is 525 g/mol. The lowest BCUT2D eigenvalue weighted by Gasteiger charge is -2.39. The molecule has 3 aromatic rings. The summed E-state index contributed by atoms with van der Waals surface area (Å²) in [4.78, 5) is 27.7. The SMILES string of the molecule is CC(C)C#CC(C(=O)O)([PH](=O)O)C(O)(Cc1ccc(F)cc1)c1cccc(-c2cccc3c2OCO3)n1. The second kappa shape index (κ2) is 10.3. The molecule has 0 radical (unpaired) electrons. The normalized spacial score (nSPS) is 16.3. The molecule has 2 heterocycles. The van der Waals surface area contributed by atoms with Crippen LogP contribution in [0.3, 0.4) is 0 Å². The second-order valence-electron chi connectivity index (χ2n) is 8.90. The second-order valence-corrected chi connectivity index (χ2v) is 10.3. The summed E-state index contributed by atoms with van der Waals surface area (Å²) in [7, 11) is -4.08. The minimum atomic E-state index is -4.08. The Morgan fingerprint density at radius 3 is 2.49 bits per heavy atom. The van der Waals surface area contributed by atoms with E-state index < -0.39 is 37.0 Å². The van der Waals surface area contributed by atoms with Gasteiger partial charge >= 0.3 is 5.97 Å². The van der Waals surface area contributed by atoms with Crippen LogP contribution >= 0.6 is 8.03 Å². The van der Waals surface area contributed by atoms with E-state index in [2.05, 4.69) is 16.8 Å². The Hall–Kier alpha value is -3.70. The van der Waals surface area contributed by atoms with Gasteiger partial charge in [0.2, 0.25) is 20.0 Å². The Balaban J connectivity index is 1.97. The molecule has 1 aliphatic heterocycles. The Kier molecular flexibility index (Phi) is 7.37. The molecule has 2 aromatic carbocycles. The van der Waals surface area contributed by atoms with Gasteiger partial charge in [0.25, 0.3) is 0 Å². The van der Waals surface area contributed by atoms with E-state index in [4.69, 9.17) is 9.47 Å². The zero-order valence-corrected chi connectivity index (χ0v) is 21.1. The van der Waals surface area contributed by atoms with Crippen LogP contribution < -0.4 is 9.47 Å². The first-order chi connectivity index (χ1) is 17.6. The highest BCUT2D eigenvalue weighted by Gasteiger charge is 2.62. The number of aliphatic hydroxyl groups is 1. The first-order valence-corrected chi connectivity index (χ1v) is 12.8. The molecule has 192 valence electrons. The van der Waals surface area contributed by atoms with E-state index in [0.29, 0.717) is 28.3 Å². The molecule has 0 saturated heterocycles. The number of para-hydroxylation sites is 1. The number of carboxylic acid groups (broad SMARTS) is 1.